The molecular weight excluding hydrogens is 220 g/mol. The van der Waals surface area contributed by atoms with Crippen molar-refractivity contribution in [3.05, 3.63) is 0 Å². The highest BCUT2D eigenvalue weighted by atomic mass is 16.1. The van der Waals surface area contributed by atoms with E-state index in [2.05, 4.69) is 27.7 Å². The summed E-state index contributed by atoms with van der Waals surface area (Å²) < 4.78 is 0. The SMILES string of the molecule is CC1CCCC(C2CC(C(C)(C)C)CCC2=O)C1. The van der Waals surface area contributed by atoms with Crippen LogP contribution in [-0.2, 0) is 4.79 Å². The van der Waals surface area contributed by atoms with Crippen LogP contribution in [0, 0.1) is 29.1 Å². The van der Waals surface area contributed by atoms with Gasteiger partial charge >= 0.3 is 0 Å². The van der Waals surface area contributed by atoms with E-state index in [1.54, 1.807) is 0 Å². The first kappa shape index (κ1) is 14.1. The lowest BCUT2D eigenvalue weighted by atomic mass is 9.63. The average Bonchev–Trinajstić information content (AvgIpc) is 2.28. The van der Waals surface area contributed by atoms with Gasteiger partial charge in [-0.15, -0.1) is 0 Å². The minimum absolute atomic E-state index is 0.374. The molecule has 2 fully saturated rings. The van der Waals surface area contributed by atoms with E-state index in [1.165, 1.54) is 32.1 Å². The molecule has 0 saturated heterocycles. The third-order valence-corrected chi connectivity index (χ3v) is 5.46. The number of rotatable bonds is 1. The molecule has 2 rings (SSSR count). The van der Waals surface area contributed by atoms with Crippen molar-refractivity contribution < 1.29 is 4.79 Å². The van der Waals surface area contributed by atoms with E-state index in [4.69, 9.17) is 0 Å². The number of ketones is 1. The molecule has 2 saturated carbocycles. The van der Waals surface area contributed by atoms with Crippen LogP contribution in [0.3, 0.4) is 0 Å². The molecule has 0 amide bonds. The van der Waals surface area contributed by atoms with Gasteiger partial charge in [0, 0.05) is 12.3 Å². The second kappa shape index (κ2) is 5.35. The number of hydrogen-bond donors (Lipinski definition) is 0. The zero-order valence-electron chi connectivity index (χ0n) is 12.7. The number of carbonyl (C=O) groups excluding carboxylic acids is 1. The largest absolute Gasteiger partial charge is 0.299 e. The topological polar surface area (TPSA) is 17.1 Å². The van der Waals surface area contributed by atoms with Crippen LogP contribution in [0.15, 0.2) is 0 Å². The van der Waals surface area contributed by atoms with Crippen LogP contribution in [0.2, 0.25) is 0 Å². The molecule has 0 heterocycles. The molecule has 0 bridgehead atoms. The van der Waals surface area contributed by atoms with Gasteiger partial charge < -0.3 is 0 Å². The first-order chi connectivity index (χ1) is 8.38. The van der Waals surface area contributed by atoms with Crippen LogP contribution >= 0.6 is 0 Å². The van der Waals surface area contributed by atoms with Crippen LogP contribution in [0.25, 0.3) is 0 Å². The molecule has 1 nitrogen and oxygen atoms in total. The lowest BCUT2D eigenvalue weighted by molar-refractivity contribution is -0.129. The molecule has 0 N–H and O–H groups in total. The Bertz CT molecular complexity index is 299. The van der Waals surface area contributed by atoms with Crippen LogP contribution in [0.1, 0.15) is 72.6 Å². The Morgan fingerprint density at radius 1 is 1.06 bits per heavy atom. The molecule has 104 valence electrons. The molecule has 2 aliphatic rings. The van der Waals surface area contributed by atoms with E-state index in [9.17, 15) is 4.79 Å². The van der Waals surface area contributed by atoms with Gasteiger partial charge in [-0.25, -0.2) is 0 Å². The Kier molecular flexibility index (Phi) is 4.18. The van der Waals surface area contributed by atoms with Crippen molar-refractivity contribution in [2.75, 3.05) is 0 Å². The second-order valence-electron chi connectivity index (χ2n) is 7.94. The summed E-state index contributed by atoms with van der Waals surface area (Å²) in [6.45, 7) is 9.39. The van der Waals surface area contributed by atoms with Crippen molar-refractivity contribution in [3.8, 4) is 0 Å². The highest BCUT2D eigenvalue weighted by Gasteiger charge is 2.39. The molecule has 4 atom stereocenters. The van der Waals surface area contributed by atoms with E-state index in [0.29, 0.717) is 23.0 Å². The fraction of sp³-hybridized carbons (Fsp3) is 0.941. The minimum Gasteiger partial charge on any atom is -0.299 e. The first-order valence-corrected chi connectivity index (χ1v) is 7.90. The van der Waals surface area contributed by atoms with Crippen LogP contribution < -0.4 is 0 Å². The molecule has 0 aromatic carbocycles. The average molecular weight is 250 g/mol. The summed E-state index contributed by atoms with van der Waals surface area (Å²) in [5.74, 6) is 3.26. The number of carbonyl (C=O) groups is 1. The van der Waals surface area contributed by atoms with E-state index < -0.39 is 0 Å². The van der Waals surface area contributed by atoms with Gasteiger partial charge in [-0.3, -0.25) is 4.79 Å². The fourth-order valence-corrected chi connectivity index (χ4v) is 4.15. The van der Waals surface area contributed by atoms with Crippen LogP contribution in [0.5, 0.6) is 0 Å². The maximum Gasteiger partial charge on any atom is 0.136 e. The van der Waals surface area contributed by atoms with Crippen molar-refractivity contribution in [2.24, 2.45) is 29.1 Å². The van der Waals surface area contributed by atoms with Gasteiger partial charge in [-0.1, -0.05) is 40.5 Å². The first-order valence-electron chi connectivity index (χ1n) is 7.90. The predicted octanol–water partition coefficient (Wildman–Crippen LogP) is 4.84. The molecule has 4 unspecified atom stereocenters. The highest BCUT2D eigenvalue weighted by Crippen LogP contribution is 2.45. The molecule has 1 heteroatoms. The van der Waals surface area contributed by atoms with Gasteiger partial charge in [-0.2, -0.15) is 0 Å². The molecule has 0 spiro atoms. The van der Waals surface area contributed by atoms with Crippen LogP contribution in [-0.4, -0.2) is 5.78 Å². The van der Waals surface area contributed by atoms with E-state index >= 15 is 0 Å². The molecule has 2 aliphatic carbocycles. The maximum absolute atomic E-state index is 12.3. The quantitative estimate of drug-likeness (QED) is 0.650. The monoisotopic (exact) mass is 250 g/mol. The molecule has 0 radical (unpaired) electrons. The zero-order chi connectivity index (χ0) is 13.3. The van der Waals surface area contributed by atoms with Gasteiger partial charge in [0.25, 0.3) is 0 Å². The summed E-state index contributed by atoms with van der Waals surface area (Å²) in [5, 5.41) is 0. The molecule has 0 aromatic rings. The zero-order valence-corrected chi connectivity index (χ0v) is 12.7. The van der Waals surface area contributed by atoms with E-state index in [-0.39, 0.29) is 0 Å². The van der Waals surface area contributed by atoms with Gasteiger partial charge in [0.15, 0.2) is 0 Å². The van der Waals surface area contributed by atoms with Crippen molar-refractivity contribution in [2.45, 2.75) is 72.6 Å². The Morgan fingerprint density at radius 2 is 1.78 bits per heavy atom. The molecular formula is C17H30O. The fourth-order valence-electron chi connectivity index (χ4n) is 4.15. The third kappa shape index (κ3) is 3.16. The lowest BCUT2D eigenvalue weighted by Crippen LogP contribution is -2.37. The minimum atomic E-state index is 0.374. The second-order valence-corrected chi connectivity index (χ2v) is 7.94. The van der Waals surface area contributed by atoms with Crippen molar-refractivity contribution in [3.63, 3.8) is 0 Å². The Hall–Kier alpha value is -0.330. The van der Waals surface area contributed by atoms with Gasteiger partial charge in [-0.05, 0) is 48.9 Å². The molecule has 0 aliphatic heterocycles. The van der Waals surface area contributed by atoms with E-state index in [0.717, 1.165) is 24.7 Å². The highest BCUT2D eigenvalue weighted by molar-refractivity contribution is 5.82. The smallest absolute Gasteiger partial charge is 0.136 e. The van der Waals surface area contributed by atoms with Gasteiger partial charge in [0.2, 0.25) is 0 Å². The van der Waals surface area contributed by atoms with Crippen LogP contribution in [0.4, 0.5) is 0 Å². The summed E-state index contributed by atoms with van der Waals surface area (Å²) in [6, 6.07) is 0. The van der Waals surface area contributed by atoms with Crippen molar-refractivity contribution in [1.29, 1.82) is 0 Å². The standard InChI is InChI=1S/C17H30O/c1-12-6-5-7-13(10-12)15-11-14(17(2,3)4)8-9-16(15)18/h12-15H,5-11H2,1-4H3. The molecule has 18 heavy (non-hydrogen) atoms. The Balaban J connectivity index is 2.03. The van der Waals surface area contributed by atoms with E-state index in [1.807, 2.05) is 0 Å². The summed E-state index contributed by atoms with van der Waals surface area (Å²) in [7, 11) is 0. The van der Waals surface area contributed by atoms with Gasteiger partial charge in [0.05, 0.1) is 0 Å². The normalized spacial score (nSPS) is 38.8. The Labute approximate surface area is 113 Å². The van der Waals surface area contributed by atoms with Gasteiger partial charge in [0.1, 0.15) is 5.78 Å². The summed E-state index contributed by atoms with van der Waals surface area (Å²) >= 11 is 0. The predicted molar refractivity (Wildman–Crippen MR) is 76.4 cm³/mol. The summed E-state index contributed by atoms with van der Waals surface area (Å²) in [4.78, 5) is 12.3. The molecule has 0 aromatic heterocycles. The Morgan fingerprint density at radius 3 is 2.39 bits per heavy atom. The summed E-state index contributed by atoms with van der Waals surface area (Å²) in [5.41, 5.74) is 0.374. The lowest BCUT2D eigenvalue weighted by Gasteiger charge is -2.41. The maximum atomic E-state index is 12.3. The number of Topliss-reactive ketones (excluding diaryl/α,β-unsaturated/α-hetero) is 1. The third-order valence-electron chi connectivity index (χ3n) is 5.46. The van der Waals surface area contributed by atoms with Crippen molar-refractivity contribution >= 4 is 5.78 Å². The van der Waals surface area contributed by atoms with Crippen molar-refractivity contribution in [1.82, 2.24) is 0 Å². The summed E-state index contributed by atoms with van der Waals surface area (Å²) in [6.07, 6.45) is 8.46. The number of hydrogen-bond acceptors (Lipinski definition) is 1.